The van der Waals surface area contributed by atoms with Gasteiger partial charge in [-0.3, -0.25) is 10.2 Å². The van der Waals surface area contributed by atoms with Crippen LogP contribution in [0.15, 0.2) is 35.3 Å². The molecule has 1 saturated carbocycles. The lowest BCUT2D eigenvalue weighted by molar-refractivity contribution is -0.122. The number of benzene rings is 1. The molecule has 0 aliphatic heterocycles. The number of hydrazine groups is 1. The Hall–Kier alpha value is -2.08. The maximum absolute atomic E-state index is 11.8. The van der Waals surface area contributed by atoms with Gasteiger partial charge in [0.2, 0.25) is 11.9 Å². The molecule has 0 heterocycles. The van der Waals surface area contributed by atoms with E-state index in [1.54, 1.807) is 6.92 Å². The molecule has 6 heteroatoms. The van der Waals surface area contributed by atoms with Crippen molar-refractivity contribution in [2.24, 2.45) is 10.8 Å². The topological polar surface area (TPSA) is 91.5 Å². The Balaban J connectivity index is 1.95. The van der Waals surface area contributed by atoms with Crippen molar-refractivity contribution in [3.05, 3.63) is 30.3 Å². The van der Waals surface area contributed by atoms with E-state index in [-0.39, 0.29) is 5.91 Å². The highest BCUT2D eigenvalue weighted by Crippen LogP contribution is 2.18. The number of nitrogens with zero attached hydrogens (tertiary/aromatic N) is 1. The van der Waals surface area contributed by atoms with Gasteiger partial charge in [0.05, 0.1) is 0 Å². The number of hydrogen-bond donors (Lipinski definition) is 4. The second-order valence-corrected chi connectivity index (χ2v) is 4.57. The standard InChI is InChI=1S/C13H19N5O/c1-9(12(19)16-11-7-8-11)15-13(18-14)17-10-5-3-2-4-6-10/h2-6,9,11H,7-8,14H2,1H3,(H,16,19)(H2,15,17,18). The Bertz CT molecular complexity index is 455. The molecule has 19 heavy (non-hydrogen) atoms. The lowest BCUT2D eigenvalue weighted by atomic mass is 10.3. The van der Waals surface area contributed by atoms with E-state index in [0.29, 0.717) is 12.0 Å². The van der Waals surface area contributed by atoms with Crippen LogP contribution in [0.1, 0.15) is 19.8 Å². The molecule has 0 spiro atoms. The second-order valence-electron chi connectivity index (χ2n) is 4.57. The van der Waals surface area contributed by atoms with Gasteiger partial charge in [-0.15, -0.1) is 0 Å². The smallest absolute Gasteiger partial charge is 0.244 e. The number of nitrogens with two attached hydrogens (primary N) is 1. The molecule has 1 fully saturated rings. The average Bonchev–Trinajstić information content (AvgIpc) is 3.23. The minimum atomic E-state index is -0.483. The zero-order valence-electron chi connectivity index (χ0n) is 10.9. The molecular formula is C13H19N5O. The van der Waals surface area contributed by atoms with Gasteiger partial charge in [-0.25, -0.2) is 10.8 Å². The highest BCUT2D eigenvalue weighted by molar-refractivity contribution is 5.95. The molecule has 0 bridgehead atoms. The van der Waals surface area contributed by atoms with Crippen LogP contribution >= 0.6 is 0 Å². The lowest BCUT2D eigenvalue weighted by Crippen LogP contribution is -2.40. The number of amides is 1. The van der Waals surface area contributed by atoms with Gasteiger partial charge < -0.3 is 10.6 Å². The maximum Gasteiger partial charge on any atom is 0.244 e. The summed E-state index contributed by atoms with van der Waals surface area (Å²) >= 11 is 0. The van der Waals surface area contributed by atoms with Crippen LogP contribution < -0.4 is 21.9 Å². The minimum Gasteiger partial charge on any atom is -0.352 e. The van der Waals surface area contributed by atoms with E-state index in [2.05, 4.69) is 21.1 Å². The molecule has 1 unspecified atom stereocenters. The quantitative estimate of drug-likeness (QED) is 0.276. The second kappa shape index (κ2) is 6.19. The Morgan fingerprint density at radius 1 is 1.37 bits per heavy atom. The first-order valence-corrected chi connectivity index (χ1v) is 6.36. The number of nitrogens with one attached hydrogen (secondary N) is 3. The summed E-state index contributed by atoms with van der Waals surface area (Å²) in [5.74, 6) is 5.69. The molecule has 0 aromatic heterocycles. The van der Waals surface area contributed by atoms with Crippen LogP contribution in [0.5, 0.6) is 0 Å². The normalized spacial score (nSPS) is 16.6. The van der Waals surface area contributed by atoms with Crippen LogP contribution in [-0.4, -0.2) is 24.0 Å². The summed E-state index contributed by atoms with van der Waals surface area (Å²) in [6.07, 6.45) is 2.12. The van der Waals surface area contributed by atoms with Gasteiger partial charge in [0.25, 0.3) is 0 Å². The summed E-state index contributed by atoms with van der Waals surface area (Å²) in [5.41, 5.74) is 3.32. The van der Waals surface area contributed by atoms with Crippen LogP contribution in [0.25, 0.3) is 0 Å². The molecule has 1 aromatic carbocycles. The van der Waals surface area contributed by atoms with Crippen LogP contribution in [0.2, 0.25) is 0 Å². The SMILES string of the molecule is CC(N=C(NN)Nc1ccccc1)C(=O)NC1CC1. The number of carbonyl (C=O) groups excluding carboxylic acids is 1. The molecule has 0 saturated heterocycles. The zero-order valence-corrected chi connectivity index (χ0v) is 10.9. The fourth-order valence-corrected chi connectivity index (χ4v) is 1.57. The molecule has 1 amide bonds. The van der Waals surface area contributed by atoms with Crippen molar-refractivity contribution in [1.82, 2.24) is 10.7 Å². The average molecular weight is 261 g/mol. The molecule has 0 radical (unpaired) electrons. The Morgan fingerprint density at radius 3 is 2.63 bits per heavy atom. The van der Waals surface area contributed by atoms with Gasteiger partial charge in [-0.05, 0) is 31.9 Å². The number of hydrogen-bond acceptors (Lipinski definition) is 3. The molecule has 2 rings (SSSR count). The molecule has 102 valence electrons. The summed E-state index contributed by atoms with van der Waals surface area (Å²) < 4.78 is 0. The predicted octanol–water partition coefficient (Wildman–Crippen LogP) is 0.585. The largest absolute Gasteiger partial charge is 0.352 e. The van der Waals surface area contributed by atoms with E-state index in [9.17, 15) is 4.79 Å². The number of rotatable bonds is 4. The van der Waals surface area contributed by atoms with Gasteiger partial charge in [0.1, 0.15) is 6.04 Å². The fraction of sp³-hybridized carbons (Fsp3) is 0.385. The van der Waals surface area contributed by atoms with Crippen molar-refractivity contribution in [2.45, 2.75) is 31.8 Å². The highest BCUT2D eigenvalue weighted by Gasteiger charge is 2.25. The van der Waals surface area contributed by atoms with Gasteiger partial charge >= 0.3 is 0 Å². The van der Waals surface area contributed by atoms with Crippen molar-refractivity contribution in [3.63, 3.8) is 0 Å². The Kier molecular flexibility index (Phi) is 4.35. The van der Waals surface area contributed by atoms with E-state index >= 15 is 0 Å². The third-order valence-electron chi connectivity index (χ3n) is 2.80. The fourth-order valence-electron chi connectivity index (χ4n) is 1.57. The molecule has 1 aliphatic carbocycles. The van der Waals surface area contributed by atoms with E-state index in [1.165, 1.54) is 0 Å². The third kappa shape index (κ3) is 4.26. The number of guanidine groups is 1. The zero-order chi connectivity index (χ0) is 13.7. The van der Waals surface area contributed by atoms with Crippen LogP contribution in [0.3, 0.4) is 0 Å². The lowest BCUT2D eigenvalue weighted by Gasteiger charge is -2.12. The first-order valence-electron chi connectivity index (χ1n) is 6.36. The Labute approximate surface area is 112 Å². The summed E-state index contributed by atoms with van der Waals surface area (Å²) in [6, 6.07) is 9.36. The summed E-state index contributed by atoms with van der Waals surface area (Å²) in [7, 11) is 0. The van der Waals surface area contributed by atoms with Gasteiger partial charge in [-0.1, -0.05) is 18.2 Å². The summed E-state index contributed by atoms with van der Waals surface area (Å²) in [6.45, 7) is 1.74. The number of aliphatic imine (C=N–C) groups is 1. The molecule has 6 nitrogen and oxygen atoms in total. The van der Waals surface area contributed by atoms with Crippen LogP contribution in [0.4, 0.5) is 5.69 Å². The van der Waals surface area contributed by atoms with Gasteiger partial charge in [0, 0.05) is 11.7 Å². The van der Waals surface area contributed by atoms with Crippen molar-refractivity contribution in [2.75, 3.05) is 5.32 Å². The molecule has 5 N–H and O–H groups in total. The summed E-state index contributed by atoms with van der Waals surface area (Å²) in [4.78, 5) is 16.0. The first kappa shape index (κ1) is 13.4. The number of anilines is 1. The van der Waals surface area contributed by atoms with Crippen molar-refractivity contribution >= 4 is 17.6 Å². The van der Waals surface area contributed by atoms with Crippen molar-refractivity contribution in [1.29, 1.82) is 0 Å². The molecule has 1 aliphatic rings. The summed E-state index contributed by atoms with van der Waals surface area (Å²) in [5, 5.41) is 5.92. The van der Waals surface area contributed by atoms with Crippen LogP contribution in [-0.2, 0) is 4.79 Å². The van der Waals surface area contributed by atoms with Crippen molar-refractivity contribution < 1.29 is 4.79 Å². The highest BCUT2D eigenvalue weighted by atomic mass is 16.2. The monoisotopic (exact) mass is 261 g/mol. The maximum atomic E-state index is 11.8. The Morgan fingerprint density at radius 2 is 2.05 bits per heavy atom. The van der Waals surface area contributed by atoms with E-state index in [4.69, 9.17) is 5.84 Å². The van der Waals surface area contributed by atoms with E-state index in [1.807, 2.05) is 30.3 Å². The van der Waals surface area contributed by atoms with Gasteiger partial charge in [0.15, 0.2) is 0 Å². The molecule has 1 atom stereocenters. The van der Waals surface area contributed by atoms with Crippen LogP contribution in [0, 0.1) is 0 Å². The number of carbonyl (C=O) groups is 1. The first-order chi connectivity index (χ1) is 9.19. The number of para-hydroxylation sites is 1. The molecule has 1 aromatic rings. The van der Waals surface area contributed by atoms with Gasteiger partial charge in [-0.2, -0.15) is 0 Å². The third-order valence-corrected chi connectivity index (χ3v) is 2.80. The predicted molar refractivity (Wildman–Crippen MR) is 75.4 cm³/mol. The van der Waals surface area contributed by atoms with Crippen molar-refractivity contribution in [3.8, 4) is 0 Å². The van der Waals surface area contributed by atoms with E-state index in [0.717, 1.165) is 18.5 Å². The molecular weight excluding hydrogens is 242 g/mol. The van der Waals surface area contributed by atoms with E-state index < -0.39 is 6.04 Å². The minimum absolute atomic E-state index is 0.0786.